The molecule has 17 heavy (non-hydrogen) atoms. The molecule has 0 fully saturated rings. The zero-order valence-electron chi connectivity index (χ0n) is 9.24. The van der Waals surface area contributed by atoms with Crippen molar-refractivity contribution in [1.29, 1.82) is 0 Å². The Balaban J connectivity index is 2.01. The van der Waals surface area contributed by atoms with Crippen LogP contribution in [0.1, 0.15) is 10.4 Å². The van der Waals surface area contributed by atoms with Gasteiger partial charge in [-0.05, 0) is 46.6 Å². The van der Waals surface area contributed by atoms with Crippen LogP contribution in [-0.4, -0.2) is 10.9 Å². The standard InChI is InChI=1S/C12H11BrN2OS/c1-8-3-2-6-14-12(8)15-11(16)7-9-4-5-10(13)17-9/h2-6H,7H2,1H3,(H,14,15,16). The van der Waals surface area contributed by atoms with Crippen LogP contribution in [0.5, 0.6) is 0 Å². The number of pyridine rings is 1. The molecule has 0 aliphatic carbocycles. The van der Waals surface area contributed by atoms with E-state index in [1.165, 1.54) is 0 Å². The normalized spacial score (nSPS) is 10.2. The lowest BCUT2D eigenvalue weighted by Gasteiger charge is -2.05. The summed E-state index contributed by atoms with van der Waals surface area (Å²) in [7, 11) is 0. The van der Waals surface area contributed by atoms with E-state index in [4.69, 9.17) is 0 Å². The summed E-state index contributed by atoms with van der Waals surface area (Å²) in [6.07, 6.45) is 2.05. The Kier molecular flexibility index (Phi) is 3.91. The Hall–Kier alpha value is -1.20. The largest absolute Gasteiger partial charge is 0.310 e. The summed E-state index contributed by atoms with van der Waals surface area (Å²) >= 11 is 4.94. The molecule has 2 heterocycles. The molecular formula is C12H11BrN2OS. The summed E-state index contributed by atoms with van der Waals surface area (Å²) in [5, 5.41) is 2.81. The third-order valence-electron chi connectivity index (χ3n) is 2.23. The van der Waals surface area contributed by atoms with Crippen LogP contribution in [0.15, 0.2) is 34.2 Å². The predicted molar refractivity (Wildman–Crippen MR) is 73.3 cm³/mol. The van der Waals surface area contributed by atoms with E-state index in [2.05, 4.69) is 26.2 Å². The summed E-state index contributed by atoms with van der Waals surface area (Å²) < 4.78 is 1.04. The predicted octanol–water partition coefficient (Wildman–Crippen LogP) is 3.40. The number of amides is 1. The third-order valence-corrected chi connectivity index (χ3v) is 3.85. The lowest BCUT2D eigenvalue weighted by Crippen LogP contribution is -2.15. The minimum Gasteiger partial charge on any atom is -0.310 e. The smallest absolute Gasteiger partial charge is 0.230 e. The number of hydrogen-bond donors (Lipinski definition) is 1. The number of anilines is 1. The zero-order chi connectivity index (χ0) is 12.3. The molecule has 1 amide bonds. The molecule has 0 unspecified atom stereocenters. The second-order valence-electron chi connectivity index (χ2n) is 3.60. The van der Waals surface area contributed by atoms with E-state index in [-0.39, 0.29) is 5.91 Å². The van der Waals surface area contributed by atoms with E-state index < -0.39 is 0 Å². The average Bonchev–Trinajstić information content (AvgIpc) is 2.67. The minimum absolute atomic E-state index is 0.0406. The Morgan fingerprint density at radius 1 is 1.47 bits per heavy atom. The molecule has 0 aliphatic rings. The van der Waals surface area contributed by atoms with Crippen molar-refractivity contribution < 1.29 is 4.79 Å². The van der Waals surface area contributed by atoms with Crippen LogP contribution in [0.4, 0.5) is 5.82 Å². The van der Waals surface area contributed by atoms with Crippen LogP contribution >= 0.6 is 27.3 Å². The fourth-order valence-electron chi connectivity index (χ4n) is 1.40. The summed E-state index contributed by atoms with van der Waals surface area (Å²) in [5.41, 5.74) is 0.966. The maximum Gasteiger partial charge on any atom is 0.230 e. The van der Waals surface area contributed by atoms with Crippen molar-refractivity contribution in [3.8, 4) is 0 Å². The fourth-order valence-corrected chi connectivity index (χ4v) is 2.88. The maximum absolute atomic E-state index is 11.8. The maximum atomic E-state index is 11.8. The van der Waals surface area contributed by atoms with Gasteiger partial charge < -0.3 is 5.32 Å². The van der Waals surface area contributed by atoms with Crippen molar-refractivity contribution in [1.82, 2.24) is 4.98 Å². The van der Waals surface area contributed by atoms with E-state index in [9.17, 15) is 4.79 Å². The number of aryl methyl sites for hydroxylation is 1. The second kappa shape index (κ2) is 5.42. The van der Waals surface area contributed by atoms with Crippen LogP contribution in [0.25, 0.3) is 0 Å². The molecule has 88 valence electrons. The van der Waals surface area contributed by atoms with Crippen molar-refractivity contribution in [2.75, 3.05) is 5.32 Å². The van der Waals surface area contributed by atoms with Crippen molar-refractivity contribution in [3.05, 3.63) is 44.7 Å². The fraction of sp³-hybridized carbons (Fsp3) is 0.167. The quantitative estimate of drug-likeness (QED) is 0.944. The number of halogens is 1. The summed E-state index contributed by atoms with van der Waals surface area (Å²) in [6.45, 7) is 1.92. The summed E-state index contributed by atoms with van der Waals surface area (Å²) in [6, 6.07) is 7.66. The monoisotopic (exact) mass is 310 g/mol. The first-order valence-electron chi connectivity index (χ1n) is 5.11. The van der Waals surface area contributed by atoms with E-state index in [0.29, 0.717) is 12.2 Å². The van der Waals surface area contributed by atoms with Crippen LogP contribution in [0.2, 0.25) is 0 Å². The molecule has 0 atom stereocenters. The number of nitrogens with one attached hydrogen (secondary N) is 1. The van der Waals surface area contributed by atoms with Crippen molar-refractivity contribution in [2.24, 2.45) is 0 Å². The number of thiophene rings is 1. The number of nitrogens with zero attached hydrogens (tertiary/aromatic N) is 1. The highest BCUT2D eigenvalue weighted by molar-refractivity contribution is 9.11. The van der Waals surface area contributed by atoms with Gasteiger partial charge in [-0.3, -0.25) is 4.79 Å². The van der Waals surface area contributed by atoms with Gasteiger partial charge in [-0.15, -0.1) is 11.3 Å². The SMILES string of the molecule is Cc1cccnc1NC(=O)Cc1ccc(Br)s1. The molecule has 0 aliphatic heterocycles. The van der Waals surface area contributed by atoms with Crippen LogP contribution < -0.4 is 5.32 Å². The van der Waals surface area contributed by atoms with Crippen molar-refractivity contribution in [3.63, 3.8) is 0 Å². The van der Waals surface area contributed by atoms with Crippen molar-refractivity contribution >= 4 is 39.0 Å². The minimum atomic E-state index is -0.0406. The molecule has 0 bridgehead atoms. The van der Waals surface area contributed by atoms with Gasteiger partial charge in [-0.25, -0.2) is 4.98 Å². The van der Waals surface area contributed by atoms with Gasteiger partial charge in [0, 0.05) is 11.1 Å². The third kappa shape index (κ3) is 3.38. The molecular weight excluding hydrogens is 300 g/mol. The molecule has 2 aromatic rings. The van der Waals surface area contributed by atoms with Gasteiger partial charge in [0.15, 0.2) is 0 Å². The van der Waals surface area contributed by atoms with E-state index in [1.807, 2.05) is 31.2 Å². The van der Waals surface area contributed by atoms with Crippen LogP contribution in [0, 0.1) is 6.92 Å². The van der Waals surface area contributed by atoms with Gasteiger partial charge in [-0.1, -0.05) is 6.07 Å². The van der Waals surface area contributed by atoms with Gasteiger partial charge in [0.25, 0.3) is 0 Å². The highest BCUT2D eigenvalue weighted by atomic mass is 79.9. The Labute approximate surface area is 112 Å². The van der Waals surface area contributed by atoms with Crippen LogP contribution in [0.3, 0.4) is 0 Å². The number of rotatable bonds is 3. The van der Waals surface area contributed by atoms with Gasteiger partial charge in [-0.2, -0.15) is 0 Å². The average molecular weight is 311 g/mol. The van der Waals surface area contributed by atoms with E-state index in [0.717, 1.165) is 14.2 Å². The number of carbonyl (C=O) groups excluding carboxylic acids is 1. The molecule has 2 aromatic heterocycles. The first kappa shape index (κ1) is 12.3. The van der Waals surface area contributed by atoms with E-state index in [1.54, 1.807) is 17.5 Å². The summed E-state index contributed by atoms with van der Waals surface area (Å²) in [5.74, 6) is 0.592. The molecule has 2 rings (SSSR count). The van der Waals surface area contributed by atoms with Gasteiger partial charge in [0.2, 0.25) is 5.91 Å². The number of aromatic nitrogens is 1. The van der Waals surface area contributed by atoms with Gasteiger partial charge in [0.05, 0.1) is 10.2 Å². The Morgan fingerprint density at radius 3 is 2.94 bits per heavy atom. The first-order valence-corrected chi connectivity index (χ1v) is 6.72. The molecule has 3 nitrogen and oxygen atoms in total. The molecule has 0 spiro atoms. The highest BCUT2D eigenvalue weighted by Gasteiger charge is 2.08. The lowest BCUT2D eigenvalue weighted by molar-refractivity contribution is -0.115. The van der Waals surface area contributed by atoms with Crippen molar-refractivity contribution in [2.45, 2.75) is 13.3 Å². The molecule has 0 saturated heterocycles. The molecule has 0 radical (unpaired) electrons. The van der Waals surface area contributed by atoms with Gasteiger partial charge in [0.1, 0.15) is 5.82 Å². The molecule has 1 N–H and O–H groups in total. The van der Waals surface area contributed by atoms with Crippen LogP contribution in [-0.2, 0) is 11.2 Å². The summed E-state index contributed by atoms with van der Waals surface area (Å²) in [4.78, 5) is 16.9. The Morgan fingerprint density at radius 2 is 2.29 bits per heavy atom. The highest BCUT2D eigenvalue weighted by Crippen LogP contribution is 2.22. The lowest BCUT2D eigenvalue weighted by atomic mass is 10.2. The topological polar surface area (TPSA) is 42.0 Å². The second-order valence-corrected chi connectivity index (χ2v) is 6.15. The number of carbonyl (C=O) groups is 1. The molecule has 5 heteroatoms. The molecule has 0 saturated carbocycles. The first-order chi connectivity index (χ1) is 8.15. The Bertz CT molecular complexity index is 539. The molecule has 0 aromatic carbocycles. The van der Waals surface area contributed by atoms with E-state index >= 15 is 0 Å². The number of hydrogen-bond acceptors (Lipinski definition) is 3. The van der Waals surface area contributed by atoms with Gasteiger partial charge >= 0.3 is 0 Å². The zero-order valence-corrected chi connectivity index (χ0v) is 11.6.